The molecule has 1 aliphatic heterocycles. The lowest BCUT2D eigenvalue weighted by Gasteiger charge is -2.06. The van der Waals surface area contributed by atoms with Crippen LogP contribution >= 0.6 is 15.9 Å². The number of nitrogens with zero attached hydrogens (tertiary/aromatic N) is 1. The summed E-state index contributed by atoms with van der Waals surface area (Å²) in [6.45, 7) is 7.73. The monoisotopic (exact) mass is 401 g/mol. The molecule has 26 heavy (non-hydrogen) atoms. The summed E-state index contributed by atoms with van der Waals surface area (Å²) in [6.07, 6.45) is 10.7. The maximum Gasteiger partial charge on any atom is 0.0711 e. The summed E-state index contributed by atoms with van der Waals surface area (Å²) in [5.41, 5.74) is 6.36. The first-order valence-electron chi connectivity index (χ1n) is 8.47. The summed E-state index contributed by atoms with van der Waals surface area (Å²) in [7, 11) is 0. The topological polar surface area (TPSA) is 12.4 Å². The van der Waals surface area contributed by atoms with Gasteiger partial charge in [0, 0.05) is 16.5 Å². The fraction of sp³-hybridized carbons (Fsp3) is 0.0417. The van der Waals surface area contributed by atoms with Crippen molar-refractivity contribution < 1.29 is 0 Å². The van der Waals surface area contributed by atoms with Crippen molar-refractivity contribution in [1.82, 2.24) is 0 Å². The van der Waals surface area contributed by atoms with Crippen LogP contribution < -0.4 is 0 Å². The van der Waals surface area contributed by atoms with Crippen molar-refractivity contribution in [2.75, 3.05) is 0 Å². The molecule has 1 nitrogen and oxygen atoms in total. The fourth-order valence-electron chi connectivity index (χ4n) is 2.83. The number of benzene rings is 2. The van der Waals surface area contributed by atoms with Gasteiger partial charge in [0.05, 0.1) is 11.4 Å². The van der Waals surface area contributed by atoms with Gasteiger partial charge in [-0.2, -0.15) is 0 Å². The first-order chi connectivity index (χ1) is 12.7. The first-order valence-corrected chi connectivity index (χ1v) is 9.27. The van der Waals surface area contributed by atoms with Crippen molar-refractivity contribution in [2.24, 2.45) is 4.99 Å². The quantitative estimate of drug-likeness (QED) is 0.477. The van der Waals surface area contributed by atoms with Crippen LogP contribution in [0, 0.1) is 0 Å². The average molecular weight is 402 g/mol. The number of rotatable bonds is 5. The lowest BCUT2D eigenvalue weighted by atomic mass is 10.0. The van der Waals surface area contributed by atoms with Gasteiger partial charge in [0.25, 0.3) is 0 Å². The van der Waals surface area contributed by atoms with Crippen LogP contribution in [-0.4, -0.2) is 5.71 Å². The highest BCUT2D eigenvalue weighted by atomic mass is 79.9. The van der Waals surface area contributed by atoms with Crippen molar-refractivity contribution in [3.05, 3.63) is 119 Å². The van der Waals surface area contributed by atoms with Gasteiger partial charge in [-0.25, -0.2) is 0 Å². The zero-order valence-electron chi connectivity index (χ0n) is 14.5. The molecule has 2 aromatic rings. The van der Waals surface area contributed by atoms with E-state index in [0.29, 0.717) is 0 Å². The molecule has 0 bridgehead atoms. The Labute approximate surface area is 163 Å². The van der Waals surface area contributed by atoms with Crippen molar-refractivity contribution in [2.45, 2.75) is 6.42 Å². The van der Waals surface area contributed by atoms with Crippen LogP contribution in [0.2, 0.25) is 0 Å². The number of halogens is 1. The number of aliphatic imine (C=N–C) groups is 1. The summed E-state index contributed by atoms with van der Waals surface area (Å²) in [5, 5.41) is 0. The molecule has 128 valence electrons. The molecule has 0 aliphatic carbocycles. The molecule has 0 saturated carbocycles. The van der Waals surface area contributed by atoms with Gasteiger partial charge in [0.2, 0.25) is 0 Å². The van der Waals surface area contributed by atoms with Gasteiger partial charge in [-0.3, -0.25) is 4.99 Å². The zero-order chi connectivity index (χ0) is 18.4. The van der Waals surface area contributed by atoms with Crippen LogP contribution in [0.4, 0.5) is 0 Å². The average Bonchev–Trinajstić information content (AvgIpc) is 2.91. The molecule has 0 N–H and O–H groups in total. The minimum atomic E-state index is 0.740. The zero-order valence-corrected chi connectivity index (χ0v) is 16.1. The van der Waals surface area contributed by atoms with Crippen molar-refractivity contribution in [3.63, 3.8) is 0 Å². The largest absolute Gasteiger partial charge is 0.252 e. The van der Waals surface area contributed by atoms with Crippen LogP contribution in [0.1, 0.15) is 17.5 Å². The summed E-state index contributed by atoms with van der Waals surface area (Å²) >= 11 is 3.50. The molecule has 0 unspecified atom stereocenters. The molecule has 2 aromatic carbocycles. The van der Waals surface area contributed by atoms with E-state index in [1.807, 2.05) is 30.4 Å². The van der Waals surface area contributed by atoms with Crippen LogP contribution in [-0.2, 0) is 0 Å². The highest BCUT2D eigenvalue weighted by Gasteiger charge is 2.12. The van der Waals surface area contributed by atoms with Gasteiger partial charge in [-0.15, -0.1) is 0 Å². The molecule has 3 rings (SSSR count). The van der Waals surface area contributed by atoms with E-state index in [1.165, 1.54) is 5.56 Å². The van der Waals surface area contributed by atoms with Crippen LogP contribution in [0.15, 0.2) is 113 Å². The predicted octanol–water partition coefficient (Wildman–Crippen LogP) is 7.02. The lowest BCUT2D eigenvalue weighted by Crippen LogP contribution is -1.99. The third-order valence-corrected chi connectivity index (χ3v) is 4.69. The third-order valence-electron chi connectivity index (χ3n) is 4.16. The van der Waals surface area contributed by atoms with Gasteiger partial charge < -0.3 is 0 Å². The van der Waals surface area contributed by atoms with Gasteiger partial charge in [-0.1, -0.05) is 95.9 Å². The Hall–Kier alpha value is -2.71. The molecular formula is C24H20BrN. The van der Waals surface area contributed by atoms with Crippen LogP contribution in [0.25, 0.3) is 11.3 Å². The predicted molar refractivity (Wildman–Crippen MR) is 117 cm³/mol. The minimum Gasteiger partial charge on any atom is -0.252 e. The molecule has 0 radical (unpaired) electrons. The fourth-order valence-corrected chi connectivity index (χ4v) is 3.09. The standard InChI is InChI=1S/C24H20BrN/c1-3-8-18(4-2)23-16-13-21(19-11-14-22(25)15-12-19)17-24(26-23)20-9-6-5-7-10-20/h3-15,17H,1-2,16H2/b18-8+. The molecule has 1 heterocycles. The smallest absolute Gasteiger partial charge is 0.0711 e. The van der Waals surface area contributed by atoms with E-state index in [4.69, 9.17) is 4.99 Å². The second kappa shape index (κ2) is 8.59. The number of hydrogen-bond acceptors (Lipinski definition) is 1. The SMILES string of the molecule is C=C/C=C(\C=C)C1=NC(c2ccccc2)=CC(c2ccc(Br)cc2)=CC1. The molecule has 0 spiro atoms. The third kappa shape index (κ3) is 4.27. The Kier molecular flexibility index (Phi) is 5.98. The molecular weight excluding hydrogens is 382 g/mol. The number of allylic oxidation sites excluding steroid dienone is 7. The van der Waals surface area contributed by atoms with E-state index >= 15 is 0 Å². The van der Waals surface area contributed by atoms with E-state index in [9.17, 15) is 0 Å². The van der Waals surface area contributed by atoms with Crippen LogP contribution in [0.5, 0.6) is 0 Å². The van der Waals surface area contributed by atoms with Crippen molar-refractivity contribution >= 4 is 32.9 Å². The maximum atomic E-state index is 4.96. The normalized spacial score (nSPS) is 14.7. The highest BCUT2D eigenvalue weighted by molar-refractivity contribution is 9.10. The second-order valence-electron chi connectivity index (χ2n) is 5.89. The Morgan fingerprint density at radius 1 is 0.962 bits per heavy atom. The van der Waals surface area contributed by atoms with Gasteiger partial charge in [0.1, 0.15) is 0 Å². The van der Waals surface area contributed by atoms with E-state index < -0.39 is 0 Å². The minimum absolute atomic E-state index is 0.740. The van der Waals surface area contributed by atoms with Crippen molar-refractivity contribution in [1.29, 1.82) is 0 Å². The molecule has 0 fully saturated rings. The Balaban J connectivity index is 2.11. The van der Waals surface area contributed by atoms with E-state index in [1.54, 1.807) is 6.08 Å². The Morgan fingerprint density at radius 2 is 1.69 bits per heavy atom. The van der Waals surface area contributed by atoms with E-state index in [0.717, 1.165) is 39.0 Å². The van der Waals surface area contributed by atoms with E-state index in [-0.39, 0.29) is 0 Å². The molecule has 0 aromatic heterocycles. The molecule has 1 aliphatic rings. The molecule has 2 heteroatoms. The highest BCUT2D eigenvalue weighted by Crippen LogP contribution is 2.29. The van der Waals surface area contributed by atoms with Crippen LogP contribution in [0.3, 0.4) is 0 Å². The summed E-state index contributed by atoms with van der Waals surface area (Å²) in [4.78, 5) is 4.96. The van der Waals surface area contributed by atoms with Gasteiger partial charge >= 0.3 is 0 Å². The molecule has 0 saturated heterocycles. The summed E-state index contributed by atoms with van der Waals surface area (Å²) < 4.78 is 1.07. The van der Waals surface area contributed by atoms with Gasteiger partial charge in [-0.05, 0) is 34.9 Å². The lowest BCUT2D eigenvalue weighted by molar-refractivity contribution is 1.41. The maximum absolute atomic E-state index is 4.96. The molecule has 0 atom stereocenters. The number of hydrogen-bond donors (Lipinski definition) is 0. The summed E-state index contributed by atoms with van der Waals surface area (Å²) in [5.74, 6) is 0. The summed E-state index contributed by atoms with van der Waals surface area (Å²) in [6, 6.07) is 18.6. The Morgan fingerprint density at radius 3 is 2.35 bits per heavy atom. The van der Waals surface area contributed by atoms with E-state index in [2.05, 4.69) is 77.6 Å². The van der Waals surface area contributed by atoms with Crippen molar-refractivity contribution in [3.8, 4) is 0 Å². The second-order valence-corrected chi connectivity index (χ2v) is 6.80. The first kappa shape index (κ1) is 18.1. The Bertz CT molecular complexity index is 926. The molecule has 0 amide bonds. The van der Waals surface area contributed by atoms with Gasteiger partial charge in [0.15, 0.2) is 0 Å².